The molecule has 123 heavy (non-hydrogen) atoms. The second-order valence-electron chi connectivity index (χ2n) is 32.4. The molecule has 2 bridgehead atoms. The van der Waals surface area contributed by atoms with Crippen molar-refractivity contribution < 1.29 is 86.6 Å². The molecule has 40 heteroatoms. The van der Waals surface area contributed by atoms with E-state index in [1.54, 1.807) is 85.7 Å². The van der Waals surface area contributed by atoms with Crippen LogP contribution in [0.15, 0.2) is 54.6 Å². The van der Waals surface area contributed by atoms with Crippen molar-refractivity contribution in [1.29, 1.82) is 0 Å². The van der Waals surface area contributed by atoms with Gasteiger partial charge in [-0.3, -0.25) is 81.5 Å². The number of rotatable bonds is 46. The van der Waals surface area contributed by atoms with Gasteiger partial charge in [-0.2, -0.15) is 23.5 Å². The molecule has 2 aliphatic rings. The van der Waals surface area contributed by atoms with Gasteiger partial charge < -0.3 is 113 Å². The summed E-state index contributed by atoms with van der Waals surface area (Å²) in [6, 6.07) is -2.51. The maximum absolute atomic E-state index is 14.9. The van der Waals surface area contributed by atoms with Crippen molar-refractivity contribution in [2.45, 2.75) is 263 Å². The number of benzene rings is 2. The van der Waals surface area contributed by atoms with E-state index in [1.165, 1.54) is 44.3 Å². The van der Waals surface area contributed by atoms with Crippen molar-refractivity contribution >= 4 is 124 Å². The van der Waals surface area contributed by atoms with Crippen molar-refractivity contribution in [2.24, 2.45) is 52.5 Å². The molecule has 2 aliphatic heterocycles. The molecule has 0 aliphatic carbocycles. The Morgan fingerprint density at radius 2 is 0.967 bits per heavy atom. The Morgan fingerprint density at radius 1 is 0.488 bits per heavy atom. The number of carbonyl (C=O) groups excluding carboxylic acids is 17. The van der Waals surface area contributed by atoms with Crippen LogP contribution >= 0.6 is 23.5 Å². The zero-order valence-corrected chi connectivity index (χ0v) is 74.9. The molecule has 0 aromatic heterocycles. The van der Waals surface area contributed by atoms with E-state index in [9.17, 15) is 86.6 Å². The summed E-state index contributed by atoms with van der Waals surface area (Å²) in [6.07, 6.45) is 2.88. The summed E-state index contributed by atoms with van der Waals surface area (Å²) in [5, 5.41) is 52.6. The van der Waals surface area contributed by atoms with E-state index in [-0.39, 0.29) is 69.2 Å². The summed E-state index contributed by atoms with van der Waals surface area (Å²) in [4.78, 5) is 235. The summed E-state index contributed by atoms with van der Waals surface area (Å²) in [7, 11) is 0. The lowest BCUT2D eigenvalue weighted by atomic mass is 9.95. The zero-order valence-electron chi connectivity index (χ0n) is 73.2. The molecule has 15 atom stereocenters. The summed E-state index contributed by atoms with van der Waals surface area (Å²) in [6.45, 7) is 19.4. The van der Waals surface area contributed by atoms with Gasteiger partial charge in [0.1, 0.15) is 84.6 Å². The molecule has 0 spiro atoms. The maximum Gasteiger partial charge on any atom is 0.245 e. The van der Waals surface area contributed by atoms with E-state index < -0.39 is 228 Å². The van der Waals surface area contributed by atoms with Gasteiger partial charge in [0, 0.05) is 36.4 Å². The first-order chi connectivity index (χ1) is 58.2. The number of nitrogens with two attached hydrogens (primary N) is 4. The molecule has 2 heterocycles. The van der Waals surface area contributed by atoms with Gasteiger partial charge in [0.2, 0.25) is 100 Å². The predicted octanol–water partition coefficient (Wildman–Crippen LogP) is -2.59. The third-order valence-electron chi connectivity index (χ3n) is 20.2. The lowest BCUT2D eigenvalue weighted by Crippen LogP contribution is -2.62. The first-order valence-corrected chi connectivity index (χ1v) is 44.5. The van der Waals surface area contributed by atoms with Gasteiger partial charge >= 0.3 is 0 Å². The first-order valence-electron chi connectivity index (χ1n) is 42.2. The minimum absolute atomic E-state index is 0.00765. The largest absolute Gasteiger partial charge is 0.394 e. The highest BCUT2D eigenvalue weighted by atomic mass is 32.2. The van der Waals surface area contributed by atoms with Crippen LogP contribution in [0.3, 0.4) is 0 Å². The second kappa shape index (κ2) is 56.7. The van der Waals surface area contributed by atoms with Gasteiger partial charge in [0.25, 0.3) is 0 Å². The van der Waals surface area contributed by atoms with Crippen LogP contribution in [-0.2, 0) is 99.4 Å². The standard InChI is InChI=1S/C83H136N20O18S2/c1-14-49(10)69(83(121)96-56(26-18-21-33-84)73(111)89-39-65(107)92-59(70(87)108)36-45(2)3)103-82(120)68(48(8)9)102-77(115)61(40-104)98-71(109)50(11)91-80(118)66(46(4)5)101-75(113)58(28-20-23-35-86)94-74(112)57(27-19-22-34-85)95-79(117)63-44-123-42-55-31-29-54(30-32-55)41-122-43-62(93-64(106)38-88-52(13)105)78(116)97-60(37-53-24-16-15-17-25-53)76(114)90-51(12)72(110)100-67(47(6)7)81(119)99-63/h15-17,24-25,29-32,45-51,56-63,66-69,104H,14,18-23,26-28,33-44,84-86H2,1-13H3,(H2,87,108)(H,88,105)(H,89,111)(H,90,114)(H,91,118)(H,92,107)(H,93,106)(H,94,112)(H,95,117)(H,96,121)(H,97,116)(H,98,109)(H,99,119)(H,100,110)(H,101,113)(H,102,115)(H,103,120)/t49-,50-,51-,56-,57-,58-,59-,60-,61-,62-,63-,66-,67-,68-,69-/m0/s1. The van der Waals surface area contributed by atoms with Crippen molar-refractivity contribution in [3.63, 3.8) is 0 Å². The van der Waals surface area contributed by atoms with Gasteiger partial charge in [0.05, 0.1) is 19.7 Å². The number of aliphatic hydroxyl groups is 1. The molecular weight excluding hydrogens is 1630 g/mol. The maximum atomic E-state index is 14.9. The van der Waals surface area contributed by atoms with E-state index in [1.807, 2.05) is 38.1 Å². The number of primary amides is 1. The van der Waals surface area contributed by atoms with E-state index >= 15 is 0 Å². The first kappa shape index (κ1) is 107. The normalized spacial score (nSPS) is 18.7. The molecule has 25 N–H and O–H groups in total. The van der Waals surface area contributed by atoms with Gasteiger partial charge in [-0.05, 0) is 144 Å². The smallest absolute Gasteiger partial charge is 0.245 e. The van der Waals surface area contributed by atoms with Crippen LogP contribution in [0, 0.1) is 29.6 Å². The van der Waals surface area contributed by atoms with Gasteiger partial charge in [-0.25, -0.2) is 0 Å². The van der Waals surface area contributed by atoms with Crippen LogP contribution in [-0.4, -0.2) is 241 Å². The lowest BCUT2D eigenvalue weighted by molar-refractivity contribution is -0.137. The quantitative estimate of drug-likeness (QED) is 0.0239. The highest BCUT2D eigenvalue weighted by Crippen LogP contribution is 2.21. The zero-order chi connectivity index (χ0) is 92.2. The molecule has 0 unspecified atom stereocenters. The van der Waals surface area contributed by atoms with Crippen LogP contribution in [0.2, 0.25) is 0 Å². The fourth-order valence-electron chi connectivity index (χ4n) is 12.6. The Labute approximate surface area is 729 Å². The average molecular weight is 1770 g/mol. The molecular formula is C83H136N20O18S2. The van der Waals surface area contributed by atoms with Crippen LogP contribution in [0.1, 0.15) is 177 Å². The molecule has 2 aromatic carbocycles. The summed E-state index contributed by atoms with van der Waals surface area (Å²) < 4.78 is 0. The third kappa shape index (κ3) is 39.6. The average Bonchev–Trinajstić information content (AvgIpc) is 2.04. The molecule has 688 valence electrons. The third-order valence-corrected chi connectivity index (χ3v) is 22.4. The minimum atomic E-state index is -1.72. The number of amides is 17. The van der Waals surface area contributed by atoms with Crippen LogP contribution in [0.4, 0.5) is 0 Å². The highest BCUT2D eigenvalue weighted by Gasteiger charge is 2.39. The monoisotopic (exact) mass is 1760 g/mol. The van der Waals surface area contributed by atoms with Crippen molar-refractivity contribution in [3.05, 3.63) is 71.3 Å². The Kier molecular flexibility index (Phi) is 49.4. The van der Waals surface area contributed by atoms with Gasteiger partial charge in [-0.15, -0.1) is 0 Å². The number of nitrogens with one attached hydrogen (secondary N) is 16. The molecule has 0 saturated carbocycles. The number of carbonyl (C=O) groups is 17. The van der Waals surface area contributed by atoms with Crippen LogP contribution in [0.5, 0.6) is 0 Å². The highest BCUT2D eigenvalue weighted by molar-refractivity contribution is 7.98. The Morgan fingerprint density at radius 3 is 1.47 bits per heavy atom. The van der Waals surface area contributed by atoms with Crippen molar-refractivity contribution in [2.75, 3.05) is 50.8 Å². The molecule has 0 radical (unpaired) electrons. The Bertz CT molecular complexity index is 3810. The topological polar surface area (TPSA) is 607 Å². The van der Waals surface area contributed by atoms with E-state index in [0.717, 1.165) is 11.1 Å². The molecule has 0 saturated heterocycles. The fourth-order valence-corrected chi connectivity index (χ4v) is 14.7. The van der Waals surface area contributed by atoms with E-state index in [4.69, 9.17) is 22.9 Å². The summed E-state index contributed by atoms with van der Waals surface area (Å²) >= 11 is 2.58. The predicted molar refractivity (Wildman–Crippen MR) is 467 cm³/mol. The lowest BCUT2D eigenvalue weighted by Gasteiger charge is -2.30. The molecule has 38 nitrogen and oxygen atoms in total. The Hall–Kier alpha value is -10.0. The fraction of sp³-hybridized carbons (Fsp3) is 0.651. The molecule has 17 amide bonds. The van der Waals surface area contributed by atoms with Gasteiger partial charge in [0.15, 0.2) is 0 Å². The number of fused-ring (bicyclic) bond motifs is 20. The van der Waals surface area contributed by atoms with E-state index in [0.29, 0.717) is 62.0 Å². The number of hydrogen-bond acceptors (Lipinski definition) is 23. The van der Waals surface area contributed by atoms with Gasteiger partial charge in [-0.1, -0.05) is 130 Å². The molecule has 2 aromatic rings. The summed E-state index contributed by atoms with van der Waals surface area (Å²) in [5.41, 5.74) is 25.3. The second-order valence-corrected chi connectivity index (χ2v) is 34.4. The number of hydrogen-bond donors (Lipinski definition) is 21. The van der Waals surface area contributed by atoms with Crippen LogP contribution in [0.25, 0.3) is 0 Å². The minimum Gasteiger partial charge on any atom is -0.394 e. The van der Waals surface area contributed by atoms with Crippen molar-refractivity contribution in [1.82, 2.24) is 85.1 Å². The summed E-state index contributed by atoms with van der Waals surface area (Å²) in [5.74, 6) is -15.3. The number of thioether (sulfide) groups is 2. The number of aliphatic hydroxyl groups excluding tert-OH is 1. The van der Waals surface area contributed by atoms with E-state index in [2.05, 4.69) is 85.1 Å². The molecule has 4 rings (SSSR count). The Balaban J connectivity index is 1.89. The number of unbranched alkanes of at least 4 members (excludes halogenated alkanes) is 3. The van der Waals surface area contributed by atoms with Crippen LogP contribution < -0.4 is 108 Å². The van der Waals surface area contributed by atoms with Crippen molar-refractivity contribution in [3.8, 4) is 0 Å². The SMILES string of the molecule is CC[C@H](C)[C@H](NC(=O)[C@@H](NC(=O)[C@H](CO)NC(=O)[C@H](C)NC(=O)[C@@H](NC(=O)[C@H](CCCCN)NC(=O)[C@H](CCCCN)NC(=O)[C@@H]1CSCc2ccc(cc2)CSC[C@H](NC(=O)CNC(C)=O)C(=O)N[C@@H](Cc2ccccc2)C(=O)N[C@@H](C)C(=O)N[C@@H](C(C)C)C(=O)N1)C(C)C)C(C)C)C(=O)N[C@@H](CCCCN)C(=O)NCC(=O)N[C@@H](CC(C)C)C(N)=O. The molecule has 0 fully saturated rings.